The van der Waals surface area contributed by atoms with Gasteiger partial charge in [-0.1, -0.05) is 24.3 Å². The number of hydrazine groups is 2. The minimum Gasteiger partial charge on any atom is -0.483 e. The number of benzene rings is 2. The summed E-state index contributed by atoms with van der Waals surface area (Å²) in [6.07, 6.45) is 0.242. The fraction of sp³-hybridized carbons (Fsp3) is 0.360. The van der Waals surface area contributed by atoms with E-state index in [0.29, 0.717) is 11.5 Å². The molecule has 0 spiro atoms. The summed E-state index contributed by atoms with van der Waals surface area (Å²) in [6, 6.07) is 11.1. The van der Waals surface area contributed by atoms with E-state index in [1.807, 2.05) is 52.0 Å². The summed E-state index contributed by atoms with van der Waals surface area (Å²) < 4.78 is 10.9. The molecule has 0 fully saturated rings. The molecule has 0 unspecified atom stereocenters. The van der Waals surface area contributed by atoms with Crippen molar-refractivity contribution in [2.75, 3.05) is 13.2 Å². The van der Waals surface area contributed by atoms with Crippen molar-refractivity contribution in [3.05, 3.63) is 58.7 Å². The van der Waals surface area contributed by atoms with Crippen LogP contribution in [-0.4, -0.2) is 36.8 Å². The van der Waals surface area contributed by atoms with Crippen molar-refractivity contribution in [1.29, 1.82) is 0 Å². The summed E-state index contributed by atoms with van der Waals surface area (Å²) in [5.41, 5.74) is 13.0. The van der Waals surface area contributed by atoms with Crippen molar-refractivity contribution in [1.82, 2.24) is 21.7 Å². The van der Waals surface area contributed by atoms with E-state index < -0.39 is 23.6 Å². The lowest BCUT2D eigenvalue weighted by Gasteiger charge is -2.12. The Balaban J connectivity index is 1.56. The Morgan fingerprint density at radius 1 is 0.600 bits per heavy atom. The Hall–Kier alpha value is -4.08. The second kappa shape index (κ2) is 13.6. The standard InChI is InChI=1S/C25H32N4O6/c1-16-8-5-10-20(18(16)3)34-14-24(32)28-26-22(30)12-7-13-23(31)27-29-25(33)15-35-21-11-6-9-17(2)19(21)4/h5-6,8-11H,7,12-15H2,1-4H3,(H,26,30)(H,27,31)(H,28,32)(H,29,33). The van der Waals surface area contributed by atoms with Crippen molar-refractivity contribution in [2.45, 2.75) is 47.0 Å². The third kappa shape index (κ3) is 9.36. The number of nitrogens with one attached hydrogen (secondary N) is 4. The van der Waals surface area contributed by atoms with Gasteiger partial charge in [-0.15, -0.1) is 0 Å². The second-order valence-corrected chi connectivity index (χ2v) is 8.02. The van der Waals surface area contributed by atoms with E-state index in [2.05, 4.69) is 21.7 Å². The fourth-order valence-corrected chi connectivity index (χ4v) is 2.93. The average Bonchev–Trinajstić information content (AvgIpc) is 2.83. The third-order valence-corrected chi connectivity index (χ3v) is 5.32. The van der Waals surface area contributed by atoms with Gasteiger partial charge in [-0.2, -0.15) is 0 Å². The molecule has 0 saturated heterocycles. The molecule has 35 heavy (non-hydrogen) atoms. The SMILES string of the molecule is Cc1cccc(OCC(=O)NNC(=O)CCCC(=O)NNC(=O)COc2cccc(C)c2C)c1C. The van der Waals surface area contributed by atoms with Crippen LogP contribution in [-0.2, 0) is 19.2 Å². The van der Waals surface area contributed by atoms with E-state index in [1.165, 1.54) is 0 Å². The lowest BCUT2D eigenvalue weighted by molar-refractivity contribution is -0.131. The van der Waals surface area contributed by atoms with E-state index in [0.717, 1.165) is 22.3 Å². The summed E-state index contributed by atoms with van der Waals surface area (Å²) in [7, 11) is 0. The maximum absolute atomic E-state index is 11.9. The molecule has 2 aromatic carbocycles. The van der Waals surface area contributed by atoms with Gasteiger partial charge in [0.2, 0.25) is 11.8 Å². The molecule has 188 valence electrons. The van der Waals surface area contributed by atoms with Crippen molar-refractivity contribution in [2.24, 2.45) is 0 Å². The van der Waals surface area contributed by atoms with E-state index in [-0.39, 0.29) is 32.5 Å². The Morgan fingerprint density at radius 2 is 0.971 bits per heavy atom. The van der Waals surface area contributed by atoms with Gasteiger partial charge in [-0.25, -0.2) is 0 Å². The van der Waals surface area contributed by atoms with Gasteiger partial charge in [0, 0.05) is 12.8 Å². The van der Waals surface area contributed by atoms with E-state index in [9.17, 15) is 19.2 Å². The highest BCUT2D eigenvalue weighted by Gasteiger charge is 2.10. The molecule has 0 aliphatic rings. The van der Waals surface area contributed by atoms with Gasteiger partial charge in [0.25, 0.3) is 11.8 Å². The van der Waals surface area contributed by atoms with Crippen LogP contribution >= 0.6 is 0 Å². The lowest BCUT2D eigenvalue weighted by atomic mass is 10.1. The first-order chi connectivity index (χ1) is 16.7. The fourth-order valence-electron chi connectivity index (χ4n) is 2.93. The molecule has 2 aromatic rings. The highest BCUT2D eigenvalue weighted by atomic mass is 16.5. The Bertz CT molecular complexity index is 986. The first-order valence-corrected chi connectivity index (χ1v) is 11.2. The monoisotopic (exact) mass is 484 g/mol. The van der Waals surface area contributed by atoms with Gasteiger partial charge in [0.15, 0.2) is 13.2 Å². The zero-order valence-electron chi connectivity index (χ0n) is 20.4. The molecule has 0 aromatic heterocycles. The quantitative estimate of drug-likeness (QED) is 0.380. The molecule has 0 atom stereocenters. The summed E-state index contributed by atoms with van der Waals surface area (Å²) in [6.45, 7) is 7.18. The van der Waals surface area contributed by atoms with Crippen LogP contribution < -0.4 is 31.2 Å². The number of amides is 4. The zero-order valence-corrected chi connectivity index (χ0v) is 20.4. The maximum atomic E-state index is 11.9. The van der Waals surface area contributed by atoms with Crippen molar-refractivity contribution >= 4 is 23.6 Å². The molecule has 0 aliphatic heterocycles. The van der Waals surface area contributed by atoms with Crippen LogP contribution in [0.5, 0.6) is 11.5 Å². The van der Waals surface area contributed by atoms with Crippen molar-refractivity contribution < 1.29 is 28.7 Å². The van der Waals surface area contributed by atoms with Crippen LogP contribution in [0.15, 0.2) is 36.4 Å². The lowest BCUT2D eigenvalue weighted by Crippen LogP contribution is -2.44. The number of hydrogen-bond donors (Lipinski definition) is 4. The molecule has 0 aliphatic carbocycles. The Kier molecular flexibility index (Phi) is 10.5. The molecule has 2 rings (SSSR count). The summed E-state index contributed by atoms with van der Waals surface area (Å²) in [4.78, 5) is 47.4. The highest BCUT2D eigenvalue weighted by molar-refractivity contribution is 5.84. The minimum absolute atomic E-state index is 0.00916. The first-order valence-electron chi connectivity index (χ1n) is 11.2. The molecular formula is C25H32N4O6. The largest absolute Gasteiger partial charge is 0.483 e. The molecule has 4 amide bonds. The summed E-state index contributed by atoms with van der Waals surface area (Å²) in [5.74, 6) is -0.735. The number of rotatable bonds is 10. The topological polar surface area (TPSA) is 135 Å². The van der Waals surface area contributed by atoms with Crippen LogP contribution in [0.1, 0.15) is 41.5 Å². The van der Waals surface area contributed by atoms with Gasteiger partial charge in [0.05, 0.1) is 0 Å². The molecule has 0 heterocycles. The van der Waals surface area contributed by atoms with Crippen LogP contribution in [0.3, 0.4) is 0 Å². The van der Waals surface area contributed by atoms with Crippen molar-refractivity contribution in [3.8, 4) is 11.5 Å². The third-order valence-electron chi connectivity index (χ3n) is 5.32. The first kappa shape index (κ1) is 27.2. The van der Waals surface area contributed by atoms with Crippen LogP contribution in [0.2, 0.25) is 0 Å². The van der Waals surface area contributed by atoms with Gasteiger partial charge in [-0.05, 0) is 68.5 Å². The predicted molar refractivity (Wildman–Crippen MR) is 129 cm³/mol. The maximum Gasteiger partial charge on any atom is 0.276 e. The summed E-state index contributed by atoms with van der Waals surface area (Å²) in [5, 5.41) is 0. The highest BCUT2D eigenvalue weighted by Crippen LogP contribution is 2.21. The van der Waals surface area contributed by atoms with Crippen LogP contribution in [0.25, 0.3) is 0 Å². The molecule has 0 bridgehead atoms. The number of carbonyl (C=O) groups is 4. The number of hydrogen-bond acceptors (Lipinski definition) is 6. The van der Waals surface area contributed by atoms with E-state index >= 15 is 0 Å². The molecular weight excluding hydrogens is 452 g/mol. The molecule has 0 radical (unpaired) electrons. The number of aryl methyl sites for hydroxylation is 2. The Morgan fingerprint density at radius 3 is 1.37 bits per heavy atom. The Labute approximate surface area is 204 Å². The molecule has 0 saturated carbocycles. The average molecular weight is 485 g/mol. The molecule has 10 heteroatoms. The van der Waals surface area contributed by atoms with Gasteiger partial charge in [-0.3, -0.25) is 40.9 Å². The number of ether oxygens (including phenoxy) is 2. The molecule has 10 nitrogen and oxygen atoms in total. The molecule has 4 N–H and O–H groups in total. The van der Waals surface area contributed by atoms with Gasteiger partial charge < -0.3 is 9.47 Å². The zero-order chi connectivity index (χ0) is 25.8. The van der Waals surface area contributed by atoms with Gasteiger partial charge >= 0.3 is 0 Å². The van der Waals surface area contributed by atoms with Gasteiger partial charge in [0.1, 0.15) is 11.5 Å². The smallest absolute Gasteiger partial charge is 0.276 e. The normalized spacial score (nSPS) is 10.2. The summed E-state index contributed by atoms with van der Waals surface area (Å²) >= 11 is 0. The van der Waals surface area contributed by atoms with Crippen molar-refractivity contribution in [3.63, 3.8) is 0 Å². The predicted octanol–water partition coefficient (Wildman–Crippen LogP) is 1.84. The second-order valence-electron chi connectivity index (χ2n) is 8.02. The number of carbonyl (C=O) groups excluding carboxylic acids is 4. The van der Waals surface area contributed by atoms with E-state index in [4.69, 9.17) is 9.47 Å². The van der Waals surface area contributed by atoms with E-state index in [1.54, 1.807) is 12.1 Å². The van der Waals surface area contributed by atoms with Crippen LogP contribution in [0, 0.1) is 27.7 Å². The minimum atomic E-state index is -0.511. The van der Waals surface area contributed by atoms with Crippen LogP contribution in [0.4, 0.5) is 0 Å².